The van der Waals surface area contributed by atoms with E-state index in [4.69, 9.17) is 0 Å². The van der Waals surface area contributed by atoms with Gasteiger partial charge in [-0.2, -0.15) is 0 Å². The molecule has 0 amide bonds. The lowest BCUT2D eigenvalue weighted by atomic mass is 9.83. The molecule has 1 aliphatic carbocycles. The highest BCUT2D eigenvalue weighted by Gasteiger charge is 2.60. The Hall–Kier alpha value is -1.72. The molecular weight excluding hydrogens is 216 g/mol. The van der Waals surface area contributed by atoms with Crippen LogP contribution in [0.2, 0.25) is 0 Å². The minimum absolute atomic E-state index is 0.0138. The molecule has 2 heterocycles. The van der Waals surface area contributed by atoms with Crippen LogP contribution in [0.1, 0.15) is 12.8 Å². The Labute approximate surface area is 89.9 Å². The van der Waals surface area contributed by atoms with E-state index in [1.807, 2.05) is 0 Å². The van der Waals surface area contributed by atoms with Crippen molar-refractivity contribution >= 4 is 23.9 Å². The Morgan fingerprint density at radius 2 is 1.56 bits per heavy atom. The summed E-state index contributed by atoms with van der Waals surface area (Å²) in [7, 11) is 0. The van der Waals surface area contributed by atoms with Gasteiger partial charge >= 0.3 is 23.9 Å². The number of rotatable bonds is 0. The molecule has 4 atom stereocenters. The molecule has 2 bridgehead atoms. The van der Waals surface area contributed by atoms with Gasteiger partial charge in [-0.05, 0) is 12.3 Å². The average Bonchev–Trinajstić information content (AvgIpc) is 2.52. The van der Waals surface area contributed by atoms with Crippen LogP contribution in [0.15, 0.2) is 0 Å². The fourth-order valence-corrected chi connectivity index (χ4v) is 2.93. The summed E-state index contributed by atoms with van der Waals surface area (Å²) in [6, 6.07) is 0. The van der Waals surface area contributed by atoms with Crippen molar-refractivity contribution in [2.45, 2.75) is 12.8 Å². The molecule has 6 heteroatoms. The van der Waals surface area contributed by atoms with E-state index in [0.29, 0.717) is 6.42 Å². The van der Waals surface area contributed by atoms with Gasteiger partial charge in [0, 0.05) is 0 Å². The highest BCUT2D eigenvalue weighted by Crippen LogP contribution is 2.49. The summed E-state index contributed by atoms with van der Waals surface area (Å²) in [5, 5.41) is 0. The highest BCUT2D eigenvalue weighted by atomic mass is 16.6. The van der Waals surface area contributed by atoms with Gasteiger partial charge in [0.1, 0.15) is 0 Å². The second-order valence-corrected chi connectivity index (χ2v) is 4.38. The summed E-state index contributed by atoms with van der Waals surface area (Å²) in [5.74, 6) is -4.83. The molecular formula is C10H8O6. The van der Waals surface area contributed by atoms with Crippen molar-refractivity contribution in [1.29, 1.82) is 0 Å². The highest BCUT2D eigenvalue weighted by molar-refractivity contribution is 5.99. The molecule has 3 rings (SSSR count). The Bertz CT molecular complexity index is 425. The third kappa shape index (κ3) is 1.07. The average molecular weight is 224 g/mol. The first-order chi connectivity index (χ1) is 7.58. The van der Waals surface area contributed by atoms with Crippen molar-refractivity contribution in [3.8, 4) is 0 Å². The van der Waals surface area contributed by atoms with E-state index < -0.39 is 47.5 Å². The first kappa shape index (κ1) is 9.50. The van der Waals surface area contributed by atoms with Gasteiger partial charge < -0.3 is 9.47 Å². The first-order valence-corrected chi connectivity index (χ1v) is 5.08. The molecule has 3 aliphatic rings. The number of ether oxygens (including phenoxy) is 2. The maximum Gasteiger partial charge on any atom is 0.317 e. The second kappa shape index (κ2) is 2.90. The second-order valence-electron chi connectivity index (χ2n) is 4.38. The van der Waals surface area contributed by atoms with Crippen molar-refractivity contribution in [3.05, 3.63) is 0 Å². The molecule has 84 valence electrons. The van der Waals surface area contributed by atoms with Crippen LogP contribution in [-0.2, 0) is 28.7 Å². The number of hydrogen-bond donors (Lipinski definition) is 0. The topological polar surface area (TPSA) is 86.7 Å². The van der Waals surface area contributed by atoms with E-state index in [-0.39, 0.29) is 6.42 Å². The lowest BCUT2D eigenvalue weighted by Crippen LogP contribution is -2.37. The van der Waals surface area contributed by atoms with E-state index in [2.05, 4.69) is 9.47 Å². The lowest BCUT2D eigenvalue weighted by molar-refractivity contribution is -0.174. The molecule has 6 nitrogen and oxygen atoms in total. The van der Waals surface area contributed by atoms with Crippen LogP contribution in [0.3, 0.4) is 0 Å². The molecule has 0 radical (unpaired) electrons. The molecule has 2 saturated heterocycles. The summed E-state index contributed by atoms with van der Waals surface area (Å²) in [6.07, 6.45) is 0.315. The van der Waals surface area contributed by atoms with Gasteiger partial charge in [0.2, 0.25) is 0 Å². The maximum absolute atomic E-state index is 11.5. The number of esters is 4. The van der Waals surface area contributed by atoms with Gasteiger partial charge in [-0.1, -0.05) is 0 Å². The minimum atomic E-state index is -0.694. The predicted molar refractivity (Wildman–Crippen MR) is 45.4 cm³/mol. The van der Waals surface area contributed by atoms with Gasteiger partial charge in [0.05, 0.1) is 24.2 Å². The van der Waals surface area contributed by atoms with Crippen molar-refractivity contribution in [3.63, 3.8) is 0 Å². The third-order valence-corrected chi connectivity index (χ3v) is 3.62. The zero-order valence-electron chi connectivity index (χ0n) is 8.17. The normalized spacial score (nSPS) is 41.5. The molecule has 16 heavy (non-hydrogen) atoms. The smallest absolute Gasteiger partial charge is 0.317 e. The summed E-state index contributed by atoms with van der Waals surface area (Å²) in [6.45, 7) is 0. The van der Waals surface area contributed by atoms with E-state index in [0.717, 1.165) is 0 Å². The van der Waals surface area contributed by atoms with E-state index in [9.17, 15) is 19.2 Å². The first-order valence-electron chi connectivity index (χ1n) is 5.08. The van der Waals surface area contributed by atoms with Crippen LogP contribution in [-0.4, -0.2) is 23.9 Å². The molecule has 0 spiro atoms. The summed E-state index contributed by atoms with van der Waals surface area (Å²) in [5.41, 5.74) is 0. The van der Waals surface area contributed by atoms with Crippen molar-refractivity contribution in [2.24, 2.45) is 23.7 Å². The van der Waals surface area contributed by atoms with Crippen LogP contribution in [0, 0.1) is 23.7 Å². The molecule has 0 aromatic carbocycles. The largest absolute Gasteiger partial charge is 0.393 e. The Morgan fingerprint density at radius 1 is 0.875 bits per heavy atom. The maximum atomic E-state index is 11.5. The Kier molecular flexibility index (Phi) is 1.72. The Morgan fingerprint density at radius 3 is 2.31 bits per heavy atom. The summed E-state index contributed by atoms with van der Waals surface area (Å²) >= 11 is 0. The van der Waals surface area contributed by atoms with E-state index in [1.54, 1.807) is 0 Å². The van der Waals surface area contributed by atoms with Crippen LogP contribution in [0.5, 0.6) is 0 Å². The van der Waals surface area contributed by atoms with E-state index in [1.165, 1.54) is 0 Å². The fraction of sp³-hybridized carbons (Fsp3) is 0.600. The van der Waals surface area contributed by atoms with Gasteiger partial charge in [0.25, 0.3) is 0 Å². The minimum Gasteiger partial charge on any atom is -0.393 e. The van der Waals surface area contributed by atoms with Crippen LogP contribution in [0.25, 0.3) is 0 Å². The molecule has 0 aromatic heterocycles. The number of fused-ring (bicyclic) bond motifs is 5. The van der Waals surface area contributed by atoms with Crippen molar-refractivity contribution in [2.75, 3.05) is 0 Å². The zero-order valence-corrected chi connectivity index (χ0v) is 8.17. The quantitative estimate of drug-likeness (QED) is 0.404. The zero-order chi connectivity index (χ0) is 11.4. The van der Waals surface area contributed by atoms with Gasteiger partial charge in [-0.15, -0.1) is 0 Å². The number of carbonyl (C=O) groups excluding carboxylic acids is 4. The van der Waals surface area contributed by atoms with Crippen LogP contribution >= 0.6 is 0 Å². The molecule has 1 saturated carbocycles. The van der Waals surface area contributed by atoms with Crippen molar-refractivity contribution < 1.29 is 28.7 Å². The summed E-state index contributed by atoms with van der Waals surface area (Å²) in [4.78, 5) is 45.5. The van der Waals surface area contributed by atoms with Crippen molar-refractivity contribution in [1.82, 2.24) is 0 Å². The van der Waals surface area contributed by atoms with Crippen LogP contribution < -0.4 is 0 Å². The molecule has 0 N–H and O–H groups in total. The SMILES string of the molecule is O=C1C[C@@H]2[C@H](C(=O)O1)[C@H]1C[C@@H]2C(=O)OC1=O. The molecule has 0 aromatic rings. The third-order valence-electron chi connectivity index (χ3n) is 3.62. The van der Waals surface area contributed by atoms with Gasteiger partial charge in [-0.25, -0.2) is 0 Å². The summed E-state index contributed by atoms with van der Waals surface area (Å²) < 4.78 is 9.05. The molecule has 0 unspecified atom stereocenters. The Balaban J connectivity index is 2.02. The van der Waals surface area contributed by atoms with Gasteiger partial charge in [0.15, 0.2) is 0 Å². The molecule has 2 aliphatic heterocycles. The predicted octanol–water partition coefficient (Wildman–Crippen LogP) is -0.588. The number of cyclic esters (lactones) is 4. The van der Waals surface area contributed by atoms with Gasteiger partial charge in [-0.3, -0.25) is 19.2 Å². The van der Waals surface area contributed by atoms with Crippen LogP contribution in [0.4, 0.5) is 0 Å². The standard InChI is InChI=1S/C10H8O6/c11-6-2-3-4-1-5(7(3)10(14)15-6)9(13)16-8(4)12/h3-5,7H,1-2H2/t3-,4-,5+,7-/m0/s1. The number of carbonyl (C=O) groups is 4. The fourth-order valence-electron chi connectivity index (χ4n) is 2.93. The number of hydrogen-bond acceptors (Lipinski definition) is 6. The lowest BCUT2D eigenvalue weighted by Gasteiger charge is -2.24. The monoisotopic (exact) mass is 224 g/mol. The van der Waals surface area contributed by atoms with E-state index >= 15 is 0 Å². The molecule has 3 fully saturated rings.